The highest BCUT2D eigenvalue weighted by Gasteiger charge is 2.52. The minimum absolute atomic E-state index is 0.247. The van der Waals surface area contributed by atoms with E-state index in [1.54, 1.807) is 38.1 Å². The van der Waals surface area contributed by atoms with Crippen LogP contribution in [0.2, 0.25) is 0 Å². The molecular weight excluding hydrogens is 366 g/mol. The summed E-state index contributed by atoms with van der Waals surface area (Å²) < 4.78 is 11.8. The van der Waals surface area contributed by atoms with Crippen LogP contribution in [0, 0.1) is 5.41 Å². The van der Waals surface area contributed by atoms with E-state index in [4.69, 9.17) is 21.1 Å². The number of rotatable bonds is 12. The van der Waals surface area contributed by atoms with Gasteiger partial charge in [-0.3, -0.25) is 9.59 Å². The molecule has 0 spiro atoms. The van der Waals surface area contributed by atoms with Gasteiger partial charge in [-0.1, -0.05) is 50.4 Å². The summed E-state index contributed by atoms with van der Waals surface area (Å²) in [5.41, 5.74) is -0.352. The molecule has 0 aliphatic heterocycles. The second-order valence-corrected chi connectivity index (χ2v) is 7.62. The Morgan fingerprint density at radius 2 is 1.56 bits per heavy atom. The van der Waals surface area contributed by atoms with Crippen LogP contribution in [0.25, 0.3) is 0 Å². The van der Waals surface area contributed by atoms with Crippen LogP contribution in [0.15, 0.2) is 24.3 Å². The highest BCUT2D eigenvalue weighted by Crippen LogP contribution is 2.43. The first-order valence-electron chi connectivity index (χ1n) is 9.57. The van der Waals surface area contributed by atoms with E-state index in [9.17, 15) is 9.59 Å². The van der Waals surface area contributed by atoms with Gasteiger partial charge in [-0.25, -0.2) is 0 Å². The van der Waals surface area contributed by atoms with Crippen molar-refractivity contribution in [2.45, 2.75) is 65.5 Å². The Hall–Kier alpha value is -1.43. The second-order valence-electron chi connectivity index (χ2n) is 7.12. The molecule has 5 nitrogen and oxygen atoms in total. The van der Waals surface area contributed by atoms with Gasteiger partial charge in [-0.2, -0.15) is 0 Å². The molecule has 1 rings (SSSR count). The molecule has 1 aromatic carbocycles. The van der Waals surface area contributed by atoms with Crippen molar-refractivity contribution in [3.05, 3.63) is 29.8 Å². The molecular formula is C21H32ClNO4. The van der Waals surface area contributed by atoms with Gasteiger partial charge in [0.25, 0.3) is 5.25 Å². The number of nitrogens with one attached hydrogen (secondary N) is 1. The maximum absolute atomic E-state index is 13.4. The van der Waals surface area contributed by atoms with Gasteiger partial charge >= 0.3 is 0 Å². The van der Waals surface area contributed by atoms with Crippen LogP contribution < -0.4 is 5.32 Å². The normalized spacial score (nSPS) is 12.1. The summed E-state index contributed by atoms with van der Waals surface area (Å²) in [6.45, 7) is 9.73. The van der Waals surface area contributed by atoms with Crippen molar-refractivity contribution >= 4 is 29.0 Å². The Kier molecular flexibility index (Phi) is 9.43. The summed E-state index contributed by atoms with van der Waals surface area (Å²) in [6.07, 6.45) is 3.53. The van der Waals surface area contributed by atoms with Crippen molar-refractivity contribution in [1.29, 1.82) is 0 Å². The van der Waals surface area contributed by atoms with Crippen molar-refractivity contribution < 1.29 is 19.1 Å². The van der Waals surface area contributed by atoms with E-state index < -0.39 is 10.7 Å². The molecule has 1 aromatic rings. The highest BCUT2D eigenvalue weighted by atomic mass is 35.5. The molecule has 0 saturated heterocycles. The first-order valence-corrected chi connectivity index (χ1v) is 9.95. The topological polar surface area (TPSA) is 64.6 Å². The molecule has 0 fully saturated rings. The van der Waals surface area contributed by atoms with E-state index in [0.717, 1.165) is 25.7 Å². The number of benzene rings is 1. The first kappa shape index (κ1) is 23.6. The smallest absolute Gasteiger partial charge is 0.261 e. The molecule has 152 valence electrons. The highest BCUT2D eigenvalue weighted by molar-refractivity contribution is 6.25. The monoisotopic (exact) mass is 397 g/mol. The first-order chi connectivity index (χ1) is 12.7. The molecule has 6 heteroatoms. The summed E-state index contributed by atoms with van der Waals surface area (Å²) in [6, 6.07) is 6.88. The Labute approximate surface area is 167 Å². The predicted octanol–water partition coefficient (Wildman–Crippen LogP) is 5.38. The van der Waals surface area contributed by atoms with Crippen molar-refractivity contribution in [3.8, 4) is 0 Å². The minimum atomic E-state index is -1.59. The summed E-state index contributed by atoms with van der Waals surface area (Å²) in [4.78, 5) is 24.9. The molecule has 0 bridgehead atoms. The van der Waals surface area contributed by atoms with Gasteiger partial charge in [0.15, 0.2) is 5.78 Å². The molecule has 0 aliphatic rings. The van der Waals surface area contributed by atoms with Crippen molar-refractivity contribution in [1.82, 2.24) is 0 Å². The Morgan fingerprint density at radius 1 is 1.04 bits per heavy atom. The maximum Gasteiger partial charge on any atom is 0.261 e. The summed E-state index contributed by atoms with van der Waals surface area (Å²) >= 11 is 6.75. The zero-order valence-corrected chi connectivity index (χ0v) is 17.8. The summed E-state index contributed by atoms with van der Waals surface area (Å²) in [7, 11) is 0. The average Bonchev–Trinajstić information content (AvgIpc) is 2.61. The lowest BCUT2D eigenvalue weighted by molar-refractivity contribution is -0.222. The fourth-order valence-electron chi connectivity index (χ4n) is 2.55. The number of ketones is 1. The summed E-state index contributed by atoms with van der Waals surface area (Å²) in [5.74, 6) is -0.501. The molecule has 0 aromatic heterocycles. The van der Waals surface area contributed by atoms with Gasteiger partial charge in [0.05, 0.1) is 24.3 Å². The zero-order valence-electron chi connectivity index (χ0n) is 17.1. The third-order valence-corrected chi connectivity index (χ3v) is 5.06. The number of alkyl halides is 1. The van der Waals surface area contributed by atoms with E-state index in [1.807, 2.05) is 0 Å². The van der Waals surface area contributed by atoms with E-state index in [1.165, 1.54) is 6.92 Å². The lowest BCUT2D eigenvalue weighted by Gasteiger charge is -2.40. The lowest BCUT2D eigenvalue weighted by Crippen LogP contribution is -2.50. The molecule has 1 amide bonds. The molecule has 0 heterocycles. The molecule has 1 N–H and O–H groups in total. The molecule has 0 radical (unpaired) electrons. The molecule has 27 heavy (non-hydrogen) atoms. The number of hydrogen-bond donors (Lipinski definition) is 1. The predicted molar refractivity (Wildman–Crippen MR) is 109 cm³/mol. The Morgan fingerprint density at radius 3 is 2.04 bits per heavy atom. The van der Waals surface area contributed by atoms with Crippen LogP contribution in [0.3, 0.4) is 0 Å². The average molecular weight is 398 g/mol. The van der Waals surface area contributed by atoms with E-state index in [0.29, 0.717) is 24.5 Å². The van der Waals surface area contributed by atoms with Gasteiger partial charge in [0.1, 0.15) is 0 Å². The molecule has 0 aliphatic carbocycles. The number of unbranched alkanes of at least 4 members (excludes halogenated alkanes) is 2. The van der Waals surface area contributed by atoms with Gasteiger partial charge in [0.2, 0.25) is 5.91 Å². The Balaban J connectivity index is 3.19. The number of para-hydroxylation sites is 1. The number of Topliss-reactive ketones (excluding diaryl/α,β-unsaturated/α-hetero) is 1. The Bertz CT molecular complexity index is 620. The van der Waals surface area contributed by atoms with Gasteiger partial charge in [-0.05, 0) is 38.8 Å². The minimum Gasteiger partial charge on any atom is -0.337 e. The molecule has 0 saturated carbocycles. The number of amides is 1. The largest absolute Gasteiger partial charge is 0.337 e. The van der Waals surface area contributed by atoms with E-state index in [-0.39, 0.29) is 11.7 Å². The number of anilines is 1. The van der Waals surface area contributed by atoms with Crippen molar-refractivity contribution in [2.24, 2.45) is 5.41 Å². The van der Waals surface area contributed by atoms with Gasteiger partial charge in [-0.15, -0.1) is 0 Å². The number of carbonyl (C=O) groups is 2. The number of carbonyl (C=O) groups excluding carboxylic acids is 2. The SMILES string of the molecule is CCCCOC(Cl)(OCCCC)C(C)(C)C(=O)c1ccccc1NC(C)=O. The third-order valence-electron chi connectivity index (χ3n) is 4.37. The van der Waals surface area contributed by atoms with Crippen LogP contribution in [0.1, 0.15) is 70.7 Å². The van der Waals surface area contributed by atoms with Crippen molar-refractivity contribution in [3.63, 3.8) is 0 Å². The van der Waals surface area contributed by atoms with E-state index in [2.05, 4.69) is 19.2 Å². The zero-order chi connectivity index (χ0) is 20.5. The van der Waals surface area contributed by atoms with Gasteiger partial charge in [0, 0.05) is 12.5 Å². The van der Waals surface area contributed by atoms with E-state index >= 15 is 0 Å². The fourth-order valence-corrected chi connectivity index (χ4v) is 2.79. The van der Waals surface area contributed by atoms with Crippen LogP contribution >= 0.6 is 11.6 Å². The van der Waals surface area contributed by atoms with Crippen molar-refractivity contribution in [2.75, 3.05) is 18.5 Å². The number of ether oxygens (including phenoxy) is 2. The standard InChI is InChI=1S/C21H32ClNO4/c1-6-8-14-26-21(22,27-15-9-7-2)20(4,5)19(25)17-12-10-11-13-18(17)23-16(3)24/h10-13H,6-9,14-15H2,1-5H3,(H,23,24). The van der Waals surface area contributed by atoms with Gasteiger partial charge < -0.3 is 14.8 Å². The lowest BCUT2D eigenvalue weighted by atomic mass is 9.82. The maximum atomic E-state index is 13.4. The summed E-state index contributed by atoms with van der Waals surface area (Å²) in [5, 5.41) is 1.11. The third kappa shape index (κ3) is 6.30. The second kappa shape index (κ2) is 10.8. The van der Waals surface area contributed by atoms with Crippen LogP contribution in [-0.4, -0.2) is 30.2 Å². The fraction of sp³-hybridized carbons (Fsp3) is 0.619. The number of halogens is 1. The number of hydrogen-bond acceptors (Lipinski definition) is 4. The van der Waals surface area contributed by atoms with Crippen LogP contribution in [0.5, 0.6) is 0 Å². The van der Waals surface area contributed by atoms with Crippen LogP contribution in [0.4, 0.5) is 5.69 Å². The molecule has 0 unspecified atom stereocenters. The quantitative estimate of drug-likeness (QED) is 0.222. The van der Waals surface area contributed by atoms with Crippen LogP contribution in [-0.2, 0) is 14.3 Å². The molecule has 0 atom stereocenters.